The third-order valence-electron chi connectivity index (χ3n) is 2.86. The molecular formula is C13H16N2O5. The van der Waals surface area contributed by atoms with Crippen LogP contribution in [0.1, 0.15) is 6.92 Å². The predicted octanol–water partition coefficient (Wildman–Crippen LogP) is -1.16. The fourth-order valence-electron chi connectivity index (χ4n) is 1.87. The standard InChI is InChI=1S/C13H16N2O5/c1-9(16)20-13-11(7-15(13)18)14-12(17)8-19-10-5-3-2-4-6-10/h2-6,11,13,15H,7-8H2,1H3,(H,14,17). The summed E-state index contributed by atoms with van der Waals surface area (Å²) in [6.07, 6.45) is -0.867. The van der Waals surface area contributed by atoms with E-state index >= 15 is 0 Å². The van der Waals surface area contributed by atoms with Crippen LogP contribution in [0.15, 0.2) is 30.3 Å². The molecule has 1 amide bonds. The molecule has 0 bridgehead atoms. The maximum Gasteiger partial charge on any atom is 0.307 e. The Labute approximate surface area is 116 Å². The number of hydrogen-bond donors (Lipinski definition) is 2. The average Bonchev–Trinajstić information content (AvgIpc) is 2.43. The molecule has 20 heavy (non-hydrogen) atoms. The molecular weight excluding hydrogens is 264 g/mol. The van der Waals surface area contributed by atoms with Gasteiger partial charge in [0.05, 0.1) is 0 Å². The van der Waals surface area contributed by atoms with Gasteiger partial charge in [-0.25, -0.2) is 0 Å². The van der Waals surface area contributed by atoms with Gasteiger partial charge in [0, 0.05) is 6.92 Å². The molecule has 1 aliphatic heterocycles. The lowest BCUT2D eigenvalue weighted by Gasteiger charge is -2.44. The van der Waals surface area contributed by atoms with E-state index in [1.165, 1.54) is 6.92 Å². The van der Waals surface area contributed by atoms with E-state index in [9.17, 15) is 14.8 Å². The van der Waals surface area contributed by atoms with Crippen LogP contribution in [0.25, 0.3) is 0 Å². The summed E-state index contributed by atoms with van der Waals surface area (Å²) in [5, 5.41) is 13.7. The summed E-state index contributed by atoms with van der Waals surface area (Å²) in [7, 11) is 0. The molecule has 0 aliphatic carbocycles. The number of hydroxylamine groups is 2. The van der Waals surface area contributed by atoms with Crippen molar-refractivity contribution in [2.45, 2.75) is 19.2 Å². The van der Waals surface area contributed by atoms with Gasteiger partial charge < -0.3 is 25.1 Å². The average molecular weight is 280 g/mol. The summed E-state index contributed by atoms with van der Waals surface area (Å²) in [5.74, 6) is -0.310. The van der Waals surface area contributed by atoms with E-state index in [0.717, 1.165) is 0 Å². The SMILES string of the molecule is CC(=O)OC1C(NC(=O)COc2ccccc2)C[NH+]1[O-]. The molecule has 1 saturated heterocycles. The molecule has 7 nitrogen and oxygen atoms in total. The van der Waals surface area contributed by atoms with Crippen LogP contribution < -0.4 is 15.1 Å². The Morgan fingerprint density at radius 2 is 2.10 bits per heavy atom. The smallest absolute Gasteiger partial charge is 0.307 e. The highest BCUT2D eigenvalue weighted by Crippen LogP contribution is 2.08. The molecule has 2 N–H and O–H groups in total. The maximum atomic E-state index is 11.7. The summed E-state index contributed by atoms with van der Waals surface area (Å²) in [4.78, 5) is 22.5. The van der Waals surface area contributed by atoms with Crippen LogP contribution in [-0.2, 0) is 14.3 Å². The van der Waals surface area contributed by atoms with Gasteiger partial charge in [-0.05, 0) is 12.1 Å². The quantitative estimate of drug-likeness (QED) is 0.524. The largest absolute Gasteiger partial charge is 0.631 e. The zero-order chi connectivity index (χ0) is 14.5. The number of esters is 1. The van der Waals surface area contributed by atoms with Gasteiger partial charge in [-0.15, -0.1) is 0 Å². The molecule has 3 unspecified atom stereocenters. The van der Waals surface area contributed by atoms with Crippen molar-refractivity contribution in [1.82, 2.24) is 5.32 Å². The number of carbonyl (C=O) groups is 2. The molecule has 0 saturated carbocycles. The molecule has 0 spiro atoms. The fraction of sp³-hybridized carbons (Fsp3) is 0.385. The first-order chi connectivity index (χ1) is 9.56. The molecule has 3 atom stereocenters. The maximum absolute atomic E-state index is 11.7. The van der Waals surface area contributed by atoms with Gasteiger partial charge in [0.25, 0.3) is 12.1 Å². The van der Waals surface area contributed by atoms with Crippen molar-refractivity contribution in [3.8, 4) is 5.75 Å². The van der Waals surface area contributed by atoms with Gasteiger partial charge in [0.2, 0.25) is 0 Å². The topological polar surface area (TPSA) is 92.1 Å². The van der Waals surface area contributed by atoms with E-state index in [-0.39, 0.29) is 24.1 Å². The highest BCUT2D eigenvalue weighted by atomic mass is 16.6. The first kappa shape index (κ1) is 14.3. The van der Waals surface area contributed by atoms with E-state index in [1.54, 1.807) is 24.3 Å². The summed E-state index contributed by atoms with van der Waals surface area (Å²) in [6, 6.07) is 8.46. The Bertz CT molecular complexity index is 479. The first-order valence-corrected chi connectivity index (χ1v) is 6.23. The Hall–Kier alpha value is -2.12. The van der Waals surface area contributed by atoms with E-state index in [2.05, 4.69) is 5.32 Å². The lowest BCUT2D eigenvalue weighted by atomic mass is 10.1. The lowest BCUT2D eigenvalue weighted by Crippen LogP contribution is -3.23. The van der Waals surface area contributed by atoms with Crippen LogP contribution in [-0.4, -0.2) is 37.3 Å². The summed E-state index contributed by atoms with van der Waals surface area (Å²) in [5.41, 5.74) is 0. The van der Waals surface area contributed by atoms with Gasteiger partial charge in [0.1, 0.15) is 12.3 Å². The van der Waals surface area contributed by atoms with Gasteiger partial charge in [-0.1, -0.05) is 18.2 Å². The third-order valence-corrected chi connectivity index (χ3v) is 2.86. The second-order valence-electron chi connectivity index (χ2n) is 4.48. The van der Waals surface area contributed by atoms with Crippen molar-refractivity contribution >= 4 is 11.9 Å². The van der Waals surface area contributed by atoms with Crippen molar-refractivity contribution < 1.29 is 24.1 Å². The summed E-state index contributed by atoms with van der Waals surface area (Å²) < 4.78 is 10.1. The Morgan fingerprint density at radius 3 is 2.70 bits per heavy atom. The predicted molar refractivity (Wildman–Crippen MR) is 68.6 cm³/mol. The monoisotopic (exact) mass is 280 g/mol. The second kappa shape index (κ2) is 6.36. The zero-order valence-electron chi connectivity index (χ0n) is 11.0. The van der Waals surface area contributed by atoms with E-state index in [1.807, 2.05) is 6.07 Å². The number of quaternary nitrogens is 1. The normalized spacial score (nSPS) is 24.4. The fourth-order valence-corrected chi connectivity index (χ4v) is 1.87. The second-order valence-corrected chi connectivity index (χ2v) is 4.48. The number of carbonyl (C=O) groups excluding carboxylic acids is 2. The Morgan fingerprint density at radius 1 is 1.40 bits per heavy atom. The number of rotatable bonds is 5. The molecule has 1 fully saturated rings. The Balaban J connectivity index is 1.76. The van der Waals surface area contributed by atoms with E-state index in [4.69, 9.17) is 9.47 Å². The van der Waals surface area contributed by atoms with Crippen molar-refractivity contribution in [2.24, 2.45) is 0 Å². The van der Waals surface area contributed by atoms with Crippen LogP contribution in [0.3, 0.4) is 0 Å². The van der Waals surface area contributed by atoms with Gasteiger partial charge in [-0.3, -0.25) is 9.59 Å². The Kier molecular flexibility index (Phi) is 4.54. The van der Waals surface area contributed by atoms with Gasteiger partial charge in [0.15, 0.2) is 12.6 Å². The van der Waals surface area contributed by atoms with Crippen molar-refractivity contribution in [3.63, 3.8) is 0 Å². The molecule has 1 aromatic carbocycles. The summed E-state index contributed by atoms with van der Waals surface area (Å²) >= 11 is 0. The number of hydrogen-bond acceptors (Lipinski definition) is 5. The number of ether oxygens (including phenoxy) is 2. The molecule has 108 valence electrons. The van der Waals surface area contributed by atoms with Crippen LogP contribution in [0, 0.1) is 5.21 Å². The minimum Gasteiger partial charge on any atom is -0.631 e. The van der Waals surface area contributed by atoms with Crippen molar-refractivity contribution in [2.75, 3.05) is 13.2 Å². The van der Waals surface area contributed by atoms with E-state index < -0.39 is 18.2 Å². The molecule has 2 rings (SSSR count). The summed E-state index contributed by atoms with van der Waals surface area (Å²) in [6.45, 7) is 1.25. The molecule has 1 aromatic rings. The van der Waals surface area contributed by atoms with E-state index in [0.29, 0.717) is 5.75 Å². The van der Waals surface area contributed by atoms with Crippen LogP contribution in [0.5, 0.6) is 5.75 Å². The molecule has 1 aliphatic rings. The molecule has 0 radical (unpaired) electrons. The molecule has 1 heterocycles. The van der Waals surface area contributed by atoms with Crippen LogP contribution >= 0.6 is 0 Å². The molecule has 0 aromatic heterocycles. The molecule has 7 heteroatoms. The number of para-hydroxylation sites is 1. The highest BCUT2D eigenvalue weighted by Gasteiger charge is 2.43. The zero-order valence-corrected chi connectivity index (χ0v) is 11.0. The van der Waals surface area contributed by atoms with Gasteiger partial charge >= 0.3 is 5.97 Å². The van der Waals surface area contributed by atoms with Crippen molar-refractivity contribution in [3.05, 3.63) is 35.5 Å². The first-order valence-electron chi connectivity index (χ1n) is 6.23. The van der Waals surface area contributed by atoms with Crippen molar-refractivity contribution in [1.29, 1.82) is 0 Å². The minimum absolute atomic E-state index is 0.151. The minimum atomic E-state index is -0.867. The van der Waals surface area contributed by atoms with Gasteiger partial charge in [-0.2, -0.15) is 0 Å². The lowest BCUT2D eigenvalue weighted by molar-refractivity contribution is -0.947. The third kappa shape index (κ3) is 3.69. The highest BCUT2D eigenvalue weighted by molar-refractivity contribution is 5.78. The number of benzene rings is 1. The van der Waals surface area contributed by atoms with Crippen LogP contribution in [0.2, 0.25) is 0 Å². The number of nitrogens with one attached hydrogen (secondary N) is 2. The van der Waals surface area contributed by atoms with Crippen LogP contribution in [0.4, 0.5) is 0 Å². The number of amides is 1.